The minimum absolute atomic E-state index is 0.427. The van der Waals surface area contributed by atoms with Gasteiger partial charge in [-0.1, -0.05) is 24.3 Å². The highest BCUT2D eigenvalue weighted by Crippen LogP contribution is 2.25. The number of hydrogen-bond donors (Lipinski definition) is 1. The van der Waals surface area contributed by atoms with Crippen molar-refractivity contribution in [2.45, 2.75) is 12.7 Å². The molecule has 82 valence electrons. The maximum Gasteiger partial charge on any atom is 0.150 e. The molecule has 1 heterocycles. The van der Waals surface area contributed by atoms with Gasteiger partial charge in [-0.3, -0.25) is 4.98 Å². The topological polar surface area (TPSA) is 38.9 Å². The molecule has 0 bridgehead atoms. The molecule has 1 atom stereocenters. The first-order valence-electron chi connectivity index (χ1n) is 5.14. The lowest BCUT2D eigenvalue weighted by atomic mass is 10.0. The summed E-state index contributed by atoms with van der Waals surface area (Å²) in [5.41, 5.74) is 7.71. The molecule has 0 aliphatic carbocycles. The number of benzene rings is 1. The van der Waals surface area contributed by atoms with E-state index in [0.29, 0.717) is 17.7 Å². The first-order chi connectivity index (χ1) is 7.81. The van der Waals surface area contributed by atoms with Gasteiger partial charge >= 0.3 is 0 Å². The molecule has 0 fully saturated rings. The Morgan fingerprint density at radius 1 is 1.12 bits per heavy atom. The van der Waals surface area contributed by atoms with Crippen molar-refractivity contribution in [3.63, 3.8) is 0 Å². The summed E-state index contributed by atoms with van der Waals surface area (Å²) in [6.07, 6.45) is 2.07. The molecule has 0 aliphatic heterocycles. The Balaban J connectivity index is 2.30. The zero-order valence-electron chi connectivity index (χ0n) is 8.81. The van der Waals surface area contributed by atoms with E-state index in [-0.39, 0.29) is 0 Å². The molecule has 2 rings (SSSR count). The Hall–Kier alpha value is -1.74. The SMILES string of the molecule is NCc1cccc(C(F)c2ccncc2)c1. The third kappa shape index (κ3) is 2.25. The summed E-state index contributed by atoms with van der Waals surface area (Å²) < 4.78 is 14.1. The fraction of sp³-hybridized carbons (Fsp3) is 0.154. The summed E-state index contributed by atoms with van der Waals surface area (Å²) in [7, 11) is 0. The van der Waals surface area contributed by atoms with Gasteiger partial charge in [-0.2, -0.15) is 0 Å². The van der Waals surface area contributed by atoms with E-state index < -0.39 is 6.17 Å². The third-order valence-corrected chi connectivity index (χ3v) is 2.48. The quantitative estimate of drug-likeness (QED) is 0.856. The summed E-state index contributed by atoms with van der Waals surface area (Å²) in [5.74, 6) is 0. The van der Waals surface area contributed by atoms with Crippen LogP contribution in [0, 0.1) is 0 Å². The number of halogens is 1. The molecule has 1 aromatic carbocycles. The lowest BCUT2D eigenvalue weighted by Gasteiger charge is -2.09. The normalized spacial score (nSPS) is 12.4. The Kier molecular flexibility index (Phi) is 3.27. The predicted molar refractivity (Wildman–Crippen MR) is 61.5 cm³/mol. The molecule has 1 aromatic heterocycles. The van der Waals surface area contributed by atoms with E-state index in [2.05, 4.69) is 4.98 Å². The molecule has 0 aliphatic rings. The smallest absolute Gasteiger partial charge is 0.150 e. The highest BCUT2D eigenvalue weighted by molar-refractivity contribution is 5.31. The minimum Gasteiger partial charge on any atom is -0.326 e. The molecular formula is C13H13FN2. The second kappa shape index (κ2) is 4.86. The van der Waals surface area contributed by atoms with Crippen molar-refractivity contribution >= 4 is 0 Å². The zero-order chi connectivity index (χ0) is 11.4. The van der Waals surface area contributed by atoms with Crippen LogP contribution in [0.5, 0.6) is 0 Å². The molecule has 0 saturated heterocycles. The van der Waals surface area contributed by atoms with Crippen molar-refractivity contribution in [2.75, 3.05) is 0 Å². The third-order valence-electron chi connectivity index (χ3n) is 2.48. The van der Waals surface area contributed by atoms with Gasteiger partial charge in [0, 0.05) is 18.9 Å². The van der Waals surface area contributed by atoms with Crippen LogP contribution >= 0.6 is 0 Å². The van der Waals surface area contributed by atoms with Gasteiger partial charge in [-0.15, -0.1) is 0 Å². The van der Waals surface area contributed by atoms with Crippen LogP contribution in [-0.4, -0.2) is 4.98 Å². The van der Waals surface area contributed by atoms with E-state index in [4.69, 9.17) is 5.73 Å². The highest BCUT2D eigenvalue weighted by atomic mass is 19.1. The fourth-order valence-corrected chi connectivity index (χ4v) is 1.60. The molecule has 2 N–H and O–H groups in total. The number of nitrogens with zero attached hydrogens (tertiary/aromatic N) is 1. The van der Waals surface area contributed by atoms with Crippen molar-refractivity contribution in [2.24, 2.45) is 5.73 Å². The maximum atomic E-state index is 14.1. The number of aromatic nitrogens is 1. The first-order valence-corrected chi connectivity index (χ1v) is 5.14. The van der Waals surface area contributed by atoms with Crippen molar-refractivity contribution in [1.29, 1.82) is 0 Å². The van der Waals surface area contributed by atoms with Crippen LogP contribution < -0.4 is 5.73 Å². The second-order valence-electron chi connectivity index (χ2n) is 3.59. The van der Waals surface area contributed by atoms with E-state index in [1.807, 2.05) is 12.1 Å². The van der Waals surface area contributed by atoms with Gasteiger partial charge in [0.25, 0.3) is 0 Å². The summed E-state index contributed by atoms with van der Waals surface area (Å²) in [5, 5.41) is 0. The number of pyridine rings is 1. The van der Waals surface area contributed by atoms with Gasteiger partial charge in [0.1, 0.15) is 0 Å². The van der Waals surface area contributed by atoms with Crippen molar-refractivity contribution in [1.82, 2.24) is 4.98 Å². The van der Waals surface area contributed by atoms with Crippen LogP contribution in [0.3, 0.4) is 0 Å². The molecule has 0 saturated carbocycles. The van der Waals surface area contributed by atoms with E-state index in [1.54, 1.807) is 36.7 Å². The molecule has 0 radical (unpaired) electrons. The molecule has 3 heteroatoms. The van der Waals surface area contributed by atoms with Crippen LogP contribution in [0.2, 0.25) is 0 Å². The molecule has 16 heavy (non-hydrogen) atoms. The second-order valence-corrected chi connectivity index (χ2v) is 3.59. The van der Waals surface area contributed by atoms with Gasteiger partial charge in [0.15, 0.2) is 6.17 Å². The monoisotopic (exact) mass is 216 g/mol. The predicted octanol–water partition coefficient (Wildman–Crippen LogP) is 2.60. The highest BCUT2D eigenvalue weighted by Gasteiger charge is 2.12. The summed E-state index contributed by atoms with van der Waals surface area (Å²) in [6.45, 7) is 0.427. The van der Waals surface area contributed by atoms with E-state index in [1.165, 1.54) is 0 Å². The summed E-state index contributed by atoms with van der Waals surface area (Å²) in [6, 6.07) is 10.6. The van der Waals surface area contributed by atoms with E-state index >= 15 is 0 Å². The van der Waals surface area contributed by atoms with Crippen LogP contribution in [0.1, 0.15) is 22.9 Å². The Labute approximate surface area is 93.9 Å². The van der Waals surface area contributed by atoms with Gasteiger partial charge in [0.05, 0.1) is 0 Å². The Morgan fingerprint density at radius 2 is 1.88 bits per heavy atom. The van der Waals surface area contributed by atoms with E-state index in [9.17, 15) is 4.39 Å². The van der Waals surface area contributed by atoms with Crippen LogP contribution in [0.4, 0.5) is 4.39 Å². The molecular weight excluding hydrogens is 203 g/mol. The number of hydrogen-bond acceptors (Lipinski definition) is 2. The van der Waals surface area contributed by atoms with Gasteiger partial charge < -0.3 is 5.73 Å². The Morgan fingerprint density at radius 3 is 2.56 bits per heavy atom. The van der Waals surface area contributed by atoms with E-state index in [0.717, 1.165) is 5.56 Å². The maximum absolute atomic E-state index is 14.1. The molecule has 0 amide bonds. The van der Waals surface area contributed by atoms with Gasteiger partial charge in [0.2, 0.25) is 0 Å². The van der Waals surface area contributed by atoms with Gasteiger partial charge in [-0.25, -0.2) is 4.39 Å². The lowest BCUT2D eigenvalue weighted by Crippen LogP contribution is -1.99. The van der Waals surface area contributed by atoms with Crippen molar-refractivity contribution in [3.8, 4) is 0 Å². The summed E-state index contributed by atoms with van der Waals surface area (Å²) >= 11 is 0. The number of rotatable bonds is 3. The standard InChI is InChI=1S/C13H13FN2/c14-13(11-4-6-16-7-5-11)12-3-1-2-10(8-12)9-15/h1-8,13H,9,15H2. The molecule has 2 nitrogen and oxygen atoms in total. The van der Waals surface area contributed by atoms with Crippen LogP contribution in [-0.2, 0) is 6.54 Å². The van der Waals surface area contributed by atoms with Crippen LogP contribution in [0.15, 0.2) is 48.8 Å². The van der Waals surface area contributed by atoms with Gasteiger partial charge in [-0.05, 0) is 28.8 Å². The largest absolute Gasteiger partial charge is 0.326 e. The molecule has 0 spiro atoms. The average Bonchev–Trinajstić information content (AvgIpc) is 2.39. The molecule has 1 unspecified atom stereocenters. The number of nitrogens with two attached hydrogens (primary N) is 1. The summed E-state index contributed by atoms with van der Waals surface area (Å²) in [4.78, 5) is 3.87. The average molecular weight is 216 g/mol. The van der Waals surface area contributed by atoms with Crippen LogP contribution in [0.25, 0.3) is 0 Å². The molecule has 2 aromatic rings. The zero-order valence-corrected chi connectivity index (χ0v) is 8.81. The first kappa shape index (κ1) is 10.8. The number of alkyl halides is 1. The minimum atomic E-state index is -1.12. The van der Waals surface area contributed by atoms with Crippen molar-refractivity contribution < 1.29 is 4.39 Å². The van der Waals surface area contributed by atoms with Crippen molar-refractivity contribution in [3.05, 3.63) is 65.5 Å². The lowest BCUT2D eigenvalue weighted by molar-refractivity contribution is 0.401. The fourth-order valence-electron chi connectivity index (χ4n) is 1.60. The Bertz CT molecular complexity index is 456.